The van der Waals surface area contributed by atoms with Crippen LogP contribution >= 0.6 is 24.8 Å². The molecule has 1 fully saturated rings. The summed E-state index contributed by atoms with van der Waals surface area (Å²) in [5, 5.41) is 2.95. The second kappa shape index (κ2) is 8.81. The third kappa shape index (κ3) is 3.79. The van der Waals surface area contributed by atoms with Crippen LogP contribution in [-0.2, 0) is 0 Å². The van der Waals surface area contributed by atoms with Crippen molar-refractivity contribution in [3.05, 3.63) is 34.6 Å². The van der Waals surface area contributed by atoms with E-state index in [1.165, 1.54) is 4.90 Å². The molecule has 2 rings (SSSR count). The highest BCUT2D eigenvalue weighted by molar-refractivity contribution is 5.85. The van der Waals surface area contributed by atoms with E-state index in [1.54, 1.807) is 0 Å². The maximum Gasteiger partial charge on any atom is 0.200 e. The quantitative estimate of drug-likeness (QED) is 0.499. The van der Waals surface area contributed by atoms with E-state index in [2.05, 4.69) is 5.32 Å². The Kier molecular flexibility index (Phi) is 8.53. The summed E-state index contributed by atoms with van der Waals surface area (Å²) in [4.78, 5) is 1.36. The fraction of sp³-hybridized carbons (Fsp3) is 0.500. The van der Waals surface area contributed by atoms with Crippen LogP contribution in [0.25, 0.3) is 0 Å². The lowest BCUT2D eigenvalue weighted by atomic mass is 10.0. The van der Waals surface area contributed by atoms with E-state index in [4.69, 9.17) is 0 Å². The zero-order chi connectivity index (χ0) is 14.9. The molecule has 0 radical (unpaired) electrons. The lowest BCUT2D eigenvalue weighted by Gasteiger charge is -2.33. The summed E-state index contributed by atoms with van der Waals surface area (Å²) in [5.41, 5.74) is -1.11. The van der Waals surface area contributed by atoms with Gasteiger partial charge in [-0.3, -0.25) is 4.90 Å². The number of rotatable bonds is 3. The number of benzene rings is 1. The van der Waals surface area contributed by atoms with E-state index >= 15 is 0 Å². The normalized spacial score (nSPS) is 16.6. The van der Waals surface area contributed by atoms with Gasteiger partial charge in [-0.05, 0) is 0 Å². The lowest BCUT2D eigenvalue weighted by molar-refractivity contribution is 0.139. The first-order valence-corrected chi connectivity index (χ1v) is 6.01. The fourth-order valence-electron chi connectivity index (χ4n) is 2.27. The van der Waals surface area contributed by atoms with Crippen LogP contribution in [0.3, 0.4) is 0 Å². The van der Waals surface area contributed by atoms with Gasteiger partial charge in [0.15, 0.2) is 23.3 Å². The molecule has 0 saturated carbocycles. The Morgan fingerprint density at radius 1 is 0.818 bits per heavy atom. The van der Waals surface area contributed by atoms with E-state index in [0.29, 0.717) is 13.1 Å². The van der Waals surface area contributed by atoms with Gasteiger partial charge in [0.2, 0.25) is 5.82 Å². The molecule has 128 valence electrons. The molecule has 0 aliphatic carbocycles. The monoisotopic (exact) mass is 370 g/mol. The van der Waals surface area contributed by atoms with Gasteiger partial charge in [-0.25, -0.2) is 26.3 Å². The van der Waals surface area contributed by atoms with E-state index in [1.807, 2.05) is 0 Å². The van der Waals surface area contributed by atoms with Gasteiger partial charge < -0.3 is 5.32 Å². The van der Waals surface area contributed by atoms with Crippen LogP contribution < -0.4 is 5.32 Å². The van der Waals surface area contributed by atoms with Crippen molar-refractivity contribution in [2.75, 3.05) is 32.9 Å². The molecule has 0 spiro atoms. The first-order valence-electron chi connectivity index (χ1n) is 6.01. The Morgan fingerprint density at radius 2 is 1.23 bits per heavy atom. The number of nitrogens with zero attached hydrogens (tertiary/aromatic N) is 1. The predicted molar refractivity (Wildman–Crippen MR) is 73.9 cm³/mol. The van der Waals surface area contributed by atoms with Crippen LogP contribution in [0.15, 0.2) is 0 Å². The molecule has 22 heavy (non-hydrogen) atoms. The lowest BCUT2D eigenvalue weighted by Crippen LogP contribution is -2.46. The van der Waals surface area contributed by atoms with Crippen LogP contribution in [0.1, 0.15) is 11.6 Å². The average Bonchev–Trinajstić information content (AvgIpc) is 2.48. The predicted octanol–water partition coefficient (Wildman–Crippen LogP) is 3.14. The number of hydrogen-bond acceptors (Lipinski definition) is 2. The number of hydrogen-bond donors (Lipinski definition) is 1. The van der Waals surface area contributed by atoms with Crippen molar-refractivity contribution < 1.29 is 26.3 Å². The van der Waals surface area contributed by atoms with Gasteiger partial charge in [0.1, 0.15) is 6.67 Å². The summed E-state index contributed by atoms with van der Waals surface area (Å²) < 4.78 is 79.7. The fourth-order valence-corrected chi connectivity index (χ4v) is 2.27. The highest BCUT2D eigenvalue weighted by atomic mass is 35.5. The Balaban J connectivity index is 0.00000220. The van der Waals surface area contributed by atoms with Crippen LogP contribution in [0.5, 0.6) is 0 Å². The molecular formula is C12H14Cl2F6N2. The smallest absolute Gasteiger partial charge is 0.200 e. The molecule has 1 aliphatic rings. The Morgan fingerprint density at radius 3 is 1.64 bits per heavy atom. The summed E-state index contributed by atoms with van der Waals surface area (Å²) in [7, 11) is 0. The van der Waals surface area contributed by atoms with Gasteiger partial charge in [-0.2, -0.15) is 0 Å². The second-order valence-corrected chi connectivity index (χ2v) is 4.44. The minimum Gasteiger partial charge on any atom is -0.314 e. The number of halogens is 8. The average molecular weight is 371 g/mol. The van der Waals surface area contributed by atoms with E-state index in [-0.39, 0.29) is 37.9 Å². The molecule has 1 saturated heterocycles. The second-order valence-electron chi connectivity index (χ2n) is 4.44. The summed E-state index contributed by atoms with van der Waals surface area (Å²) in [6, 6.07) is -1.48. The molecule has 2 nitrogen and oxygen atoms in total. The first-order chi connectivity index (χ1) is 9.49. The molecule has 1 heterocycles. The van der Waals surface area contributed by atoms with E-state index in [0.717, 1.165) is 0 Å². The van der Waals surface area contributed by atoms with Crippen molar-refractivity contribution in [1.82, 2.24) is 10.2 Å². The molecule has 1 aromatic carbocycles. The largest absolute Gasteiger partial charge is 0.314 e. The zero-order valence-electron chi connectivity index (χ0n) is 11.1. The van der Waals surface area contributed by atoms with Crippen molar-refractivity contribution >= 4 is 24.8 Å². The topological polar surface area (TPSA) is 15.3 Å². The minimum absolute atomic E-state index is 0. The van der Waals surface area contributed by atoms with Crippen molar-refractivity contribution in [1.29, 1.82) is 0 Å². The number of alkyl halides is 1. The van der Waals surface area contributed by atoms with E-state index < -0.39 is 47.4 Å². The summed E-state index contributed by atoms with van der Waals surface area (Å²) in [5.74, 6) is -10.3. The molecule has 1 aromatic rings. The molecule has 0 unspecified atom stereocenters. The Hall–Kier alpha value is -0.700. The first kappa shape index (κ1) is 21.3. The summed E-state index contributed by atoms with van der Waals surface area (Å²) in [6.07, 6.45) is 0. The number of piperazine rings is 1. The standard InChI is InChI=1S/C12H12F6N2.2ClH/c13-5-6(20-3-1-19-2-4-20)7-8(14)10(16)12(18)11(17)9(7)15;;/h6,19H,1-5H2;2*1H/t6-;;/m0../s1. The third-order valence-corrected chi connectivity index (χ3v) is 3.32. The minimum atomic E-state index is -2.23. The van der Waals surface area contributed by atoms with Gasteiger partial charge in [0.25, 0.3) is 0 Å². The van der Waals surface area contributed by atoms with E-state index in [9.17, 15) is 26.3 Å². The van der Waals surface area contributed by atoms with Gasteiger partial charge >= 0.3 is 0 Å². The highest BCUT2D eigenvalue weighted by Gasteiger charge is 2.33. The molecular weight excluding hydrogens is 357 g/mol. The molecule has 1 aliphatic heterocycles. The summed E-state index contributed by atoms with van der Waals surface area (Å²) >= 11 is 0. The summed E-state index contributed by atoms with van der Waals surface area (Å²) in [6.45, 7) is 0.179. The maximum atomic E-state index is 13.7. The highest BCUT2D eigenvalue weighted by Crippen LogP contribution is 2.31. The maximum absolute atomic E-state index is 13.7. The molecule has 0 bridgehead atoms. The SMILES string of the molecule is Cl.Cl.FC[C@@H](c1c(F)c(F)c(F)c(F)c1F)N1CCNCC1. The third-order valence-electron chi connectivity index (χ3n) is 3.32. The van der Waals surface area contributed by atoms with Crippen LogP contribution in [0.2, 0.25) is 0 Å². The molecule has 0 amide bonds. The molecule has 10 heteroatoms. The van der Waals surface area contributed by atoms with Crippen molar-refractivity contribution in [2.24, 2.45) is 0 Å². The van der Waals surface area contributed by atoms with Crippen molar-refractivity contribution in [3.63, 3.8) is 0 Å². The van der Waals surface area contributed by atoms with Crippen molar-refractivity contribution in [3.8, 4) is 0 Å². The Labute approximate surface area is 135 Å². The van der Waals surface area contributed by atoms with Gasteiger partial charge in [-0.1, -0.05) is 0 Å². The van der Waals surface area contributed by atoms with Gasteiger partial charge in [0.05, 0.1) is 6.04 Å². The molecule has 1 atom stereocenters. The van der Waals surface area contributed by atoms with Crippen LogP contribution in [-0.4, -0.2) is 37.8 Å². The number of nitrogens with one attached hydrogen (secondary N) is 1. The molecule has 0 aromatic heterocycles. The van der Waals surface area contributed by atoms with Gasteiger partial charge in [-0.15, -0.1) is 24.8 Å². The van der Waals surface area contributed by atoms with Crippen LogP contribution in [0.4, 0.5) is 26.3 Å². The van der Waals surface area contributed by atoms with Crippen LogP contribution in [0, 0.1) is 29.1 Å². The molecule has 1 N–H and O–H groups in total. The van der Waals surface area contributed by atoms with Crippen molar-refractivity contribution in [2.45, 2.75) is 6.04 Å². The van der Waals surface area contributed by atoms with Gasteiger partial charge in [0, 0.05) is 31.7 Å². The zero-order valence-corrected chi connectivity index (χ0v) is 12.8. The Bertz CT molecular complexity index is 482.